The van der Waals surface area contributed by atoms with Gasteiger partial charge in [-0.1, -0.05) is 12.2 Å². The maximum atomic E-state index is 5.97. The van der Waals surface area contributed by atoms with E-state index in [1.807, 2.05) is 0 Å². The van der Waals surface area contributed by atoms with Crippen LogP contribution in [0.3, 0.4) is 0 Å². The van der Waals surface area contributed by atoms with Crippen molar-refractivity contribution >= 4 is 0 Å². The van der Waals surface area contributed by atoms with Crippen LogP contribution in [-0.4, -0.2) is 50.2 Å². The molecule has 5 atom stereocenters. The fourth-order valence-corrected chi connectivity index (χ4v) is 4.77. The molecule has 5 heteroatoms. The van der Waals surface area contributed by atoms with Crippen molar-refractivity contribution in [3.8, 4) is 11.5 Å². The third-order valence-corrected chi connectivity index (χ3v) is 5.92. The molecule has 25 heavy (non-hydrogen) atoms. The molecule has 1 unspecified atom stereocenters. The largest absolute Gasteiger partial charge is 0.454 e. The van der Waals surface area contributed by atoms with E-state index in [9.17, 15) is 0 Å². The zero-order valence-corrected chi connectivity index (χ0v) is 14.4. The number of hydrogen-bond acceptors (Lipinski definition) is 5. The zero-order valence-electron chi connectivity index (χ0n) is 14.4. The fraction of sp³-hybridized carbons (Fsp3) is 0.500. The number of methoxy groups -OCH3 is 1. The van der Waals surface area contributed by atoms with Gasteiger partial charge in [-0.3, -0.25) is 4.90 Å². The molecule has 0 radical (unpaired) electrons. The highest BCUT2D eigenvalue weighted by atomic mass is 16.7. The van der Waals surface area contributed by atoms with Crippen molar-refractivity contribution in [3.05, 3.63) is 47.6 Å². The lowest BCUT2D eigenvalue weighted by Crippen LogP contribution is -2.42. The Morgan fingerprint density at radius 2 is 2.16 bits per heavy atom. The lowest BCUT2D eigenvalue weighted by atomic mass is 9.82. The molecule has 3 heterocycles. The average Bonchev–Trinajstić information content (AvgIpc) is 3.20. The third-order valence-electron chi connectivity index (χ3n) is 5.92. The van der Waals surface area contributed by atoms with Gasteiger partial charge in [-0.15, -0.1) is 6.58 Å². The normalized spacial score (nSPS) is 34.3. The summed E-state index contributed by atoms with van der Waals surface area (Å²) in [5.41, 5.74) is 4.21. The minimum absolute atomic E-state index is 0.00717. The van der Waals surface area contributed by atoms with E-state index in [0.717, 1.165) is 31.0 Å². The lowest BCUT2D eigenvalue weighted by molar-refractivity contribution is -0.0407. The summed E-state index contributed by atoms with van der Waals surface area (Å²) in [6.45, 7) is 6.65. The first-order valence-corrected chi connectivity index (χ1v) is 8.92. The minimum atomic E-state index is -0.00717. The van der Waals surface area contributed by atoms with Gasteiger partial charge in [0, 0.05) is 32.2 Å². The number of ether oxygens (including phenoxy) is 4. The van der Waals surface area contributed by atoms with E-state index < -0.39 is 0 Å². The number of fused-ring (bicyclic) bond motifs is 8. The Hall–Kier alpha value is -1.82. The van der Waals surface area contributed by atoms with Crippen molar-refractivity contribution in [1.29, 1.82) is 0 Å². The maximum absolute atomic E-state index is 5.97. The van der Waals surface area contributed by atoms with E-state index in [0.29, 0.717) is 25.4 Å². The van der Waals surface area contributed by atoms with Crippen molar-refractivity contribution in [2.24, 2.45) is 0 Å². The first kappa shape index (κ1) is 15.4. The van der Waals surface area contributed by atoms with E-state index in [4.69, 9.17) is 18.9 Å². The highest BCUT2D eigenvalue weighted by Crippen LogP contribution is 2.50. The molecule has 2 bridgehead atoms. The molecule has 0 spiro atoms. The highest BCUT2D eigenvalue weighted by molar-refractivity contribution is 5.54. The molecule has 3 aliphatic heterocycles. The summed E-state index contributed by atoms with van der Waals surface area (Å²) in [6.07, 6.45) is 5.15. The Bertz CT molecular complexity index is 743. The topological polar surface area (TPSA) is 40.2 Å². The summed E-state index contributed by atoms with van der Waals surface area (Å²) < 4.78 is 22.9. The molecule has 1 fully saturated rings. The van der Waals surface area contributed by atoms with Crippen LogP contribution < -0.4 is 9.47 Å². The predicted molar refractivity (Wildman–Crippen MR) is 92.9 cm³/mol. The van der Waals surface area contributed by atoms with Gasteiger partial charge in [0.05, 0.1) is 12.7 Å². The summed E-state index contributed by atoms with van der Waals surface area (Å²) in [4.78, 5) is 2.57. The molecule has 5 rings (SSSR count). The van der Waals surface area contributed by atoms with Gasteiger partial charge >= 0.3 is 0 Å². The van der Waals surface area contributed by atoms with Crippen LogP contribution in [0.4, 0.5) is 0 Å². The Labute approximate surface area is 147 Å². The van der Waals surface area contributed by atoms with Crippen LogP contribution in [0.15, 0.2) is 36.4 Å². The molecule has 1 aromatic carbocycles. The second-order valence-electron chi connectivity index (χ2n) is 7.17. The molecular weight excluding hydrogens is 318 g/mol. The van der Waals surface area contributed by atoms with Gasteiger partial charge in [-0.2, -0.15) is 0 Å². The van der Waals surface area contributed by atoms with Crippen molar-refractivity contribution in [2.75, 3.05) is 27.1 Å². The van der Waals surface area contributed by atoms with Crippen LogP contribution in [0.1, 0.15) is 23.5 Å². The van der Waals surface area contributed by atoms with Crippen molar-refractivity contribution < 1.29 is 18.9 Å². The Morgan fingerprint density at radius 3 is 2.96 bits per heavy atom. The van der Waals surface area contributed by atoms with Crippen LogP contribution in [0.5, 0.6) is 11.5 Å². The first-order valence-electron chi connectivity index (χ1n) is 8.92. The van der Waals surface area contributed by atoms with E-state index in [-0.39, 0.29) is 12.2 Å². The Morgan fingerprint density at radius 1 is 1.32 bits per heavy atom. The zero-order chi connectivity index (χ0) is 17.0. The van der Waals surface area contributed by atoms with Gasteiger partial charge in [0.25, 0.3) is 0 Å². The smallest absolute Gasteiger partial charge is 0.231 e. The van der Waals surface area contributed by atoms with Crippen LogP contribution in [0.2, 0.25) is 0 Å². The van der Waals surface area contributed by atoms with Crippen molar-refractivity contribution in [2.45, 2.75) is 37.1 Å². The molecular formula is C20H23NO4. The molecule has 0 saturated carbocycles. The molecule has 1 aromatic rings. The lowest BCUT2D eigenvalue weighted by Gasteiger charge is -2.35. The summed E-state index contributed by atoms with van der Waals surface area (Å²) in [5.74, 6) is 2.16. The second kappa shape index (κ2) is 5.87. The molecule has 4 aliphatic rings. The SMILES string of the molecule is C=CCO[C@H]1C=C2[C@H]3CN(Cc4cc5c(cc43)OCO5)[C@H]2C[C@@H]1OC. The molecule has 0 amide bonds. The average molecular weight is 341 g/mol. The third kappa shape index (κ3) is 2.34. The fourth-order valence-electron chi connectivity index (χ4n) is 4.77. The summed E-state index contributed by atoms with van der Waals surface area (Å²) in [7, 11) is 1.78. The van der Waals surface area contributed by atoms with E-state index >= 15 is 0 Å². The summed E-state index contributed by atoms with van der Waals surface area (Å²) >= 11 is 0. The number of benzene rings is 1. The van der Waals surface area contributed by atoms with Gasteiger partial charge in [-0.25, -0.2) is 0 Å². The first-order chi connectivity index (χ1) is 12.3. The van der Waals surface area contributed by atoms with Crippen LogP contribution in [0.25, 0.3) is 0 Å². The maximum Gasteiger partial charge on any atom is 0.231 e. The van der Waals surface area contributed by atoms with Gasteiger partial charge in [0.1, 0.15) is 6.10 Å². The molecule has 1 aliphatic carbocycles. The van der Waals surface area contributed by atoms with E-state index in [2.05, 4.69) is 29.7 Å². The molecule has 0 aromatic heterocycles. The van der Waals surface area contributed by atoms with E-state index in [1.54, 1.807) is 13.2 Å². The van der Waals surface area contributed by atoms with Gasteiger partial charge < -0.3 is 18.9 Å². The van der Waals surface area contributed by atoms with Crippen molar-refractivity contribution in [1.82, 2.24) is 4.90 Å². The Balaban J connectivity index is 1.53. The van der Waals surface area contributed by atoms with Gasteiger partial charge in [-0.05, 0) is 35.3 Å². The minimum Gasteiger partial charge on any atom is -0.454 e. The number of rotatable bonds is 4. The monoisotopic (exact) mass is 341 g/mol. The van der Waals surface area contributed by atoms with Crippen LogP contribution in [-0.2, 0) is 16.0 Å². The standard InChI is InChI=1S/C20H23NO4/c1-3-4-23-19-7-14-15-10-21(16(14)8-17(19)22-2)9-12-5-18-20(6-13(12)15)25-11-24-18/h3,5-7,15-17,19H,1,4,8-11H2,2H3/t15-,16-,17-,19-/m0/s1. The molecule has 132 valence electrons. The summed E-state index contributed by atoms with van der Waals surface area (Å²) in [6, 6.07) is 4.78. The second-order valence-corrected chi connectivity index (χ2v) is 7.17. The quantitative estimate of drug-likeness (QED) is 0.788. The summed E-state index contributed by atoms with van der Waals surface area (Å²) in [5, 5.41) is 0. The molecule has 0 N–H and O–H groups in total. The van der Waals surface area contributed by atoms with E-state index in [1.165, 1.54) is 16.7 Å². The van der Waals surface area contributed by atoms with Crippen molar-refractivity contribution in [3.63, 3.8) is 0 Å². The van der Waals surface area contributed by atoms with Gasteiger partial charge in [0.2, 0.25) is 6.79 Å². The Kier molecular flexibility index (Phi) is 3.62. The predicted octanol–water partition coefficient (Wildman–Crippen LogP) is 2.61. The molecule has 5 nitrogen and oxygen atoms in total. The van der Waals surface area contributed by atoms with Crippen LogP contribution in [0, 0.1) is 0 Å². The highest BCUT2D eigenvalue weighted by Gasteiger charge is 2.47. The van der Waals surface area contributed by atoms with Crippen LogP contribution >= 0.6 is 0 Å². The number of nitrogens with zero attached hydrogens (tertiary/aromatic N) is 1. The number of hydrogen-bond donors (Lipinski definition) is 0. The van der Waals surface area contributed by atoms with Gasteiger partial charge in [0.15, 0.2) is 11.5 Å². The molecule has 1 saturated heterocycles.